The second kappa shape index (κ2) is 4.73. The summed E-state index contributed by atoms with van der Waals surface area (Å²) in [4.78, 5) is 22.2. The van der Waals surface area contributed by atoms with Crippen LogP contribution in [0.15, 0.2) is 12.1 Å². The molecule has 0 saturated heterocycles. The molecule has 0 aliphatic carbocycles. The van der Waals surface area contributed by atoms with Gasteiger partial charge in [-0.25, -0.2) is 4.39 Å². The maximum absolute atomic E-state index is 13.0. The van der Waals surface area contributed by atoms with E-state index in [0.717, 1.165) is 6.07 Å². The molecule has 1 aromatic rings. The molecular formula is C10H7Cl2FO2. The van der Waals surface area contributed by atoms with E-state index in [-0.39, 0.29) is 27.8 Å². The summed E-state index contributed by atoms with van der Waals surface area (Å²) in [7, 11) is 0. The standard InChI is InChI=1S/C10H7Cl2FO2/c1-5(14)4-8(15)9-6(11)2-3-7(13)10(9)12/h2-3H,4H2,1H3. The Kier molecular flexibility index (Phi) is 3.83. The highest BCUT2D eigenvalue weighted by atomic mass is 35.5. The van der Waals surface area contributed by atoms with Crippen LogP contribution in [-0.4, -0.2) is 11.6 Å². The van der Waals surface area contributed by atoms with Crippen LogP contribution in [0, 0.1) is 5.82 Å². The van der Waals surface area contributed by atoms with E-state index in [2.05, 4.69) is 0 Å². The van der Waals surface area contributed by atoms with Crippen molar-refractivity contribution in [3.05, 3.63) is 33.6 Å². The second-order valence-electron chi connectivity index (χ2n) is 3.02. The van der Waals surface area contributed by atoms with E-state index in [9.17, 15) is 14.0 Å². The molecule has 0 fully saturated rings. The highest BCUT2D eigenvalue weighted by Crippen LogP contribution is 2.28. The lowest BCUT2D eigenvalue weighted by molar-refractivity contribution is -0.116. The van der Waals surface area contributed by atoms with Crippen molar-refractivity contribution in [3.63, 3.8) is 0 Å². The van der Waals surface area contributed by atoms with Gasteiger partial charge in [0.25, 0.3) is 0 Å². The smallest absolute Gasteiger partial charge is 0.173 e. The number of hydrogen-bond acceptors (Lipinski definition) is 2. The number of ketones is 2. The molecular weight excluding hydrogens is 242 g/mol. The van der Waals surface area contributed by atoms with Gasteiger partial charge >= 0.3 is 0 Å². The lowest BCUT2D eigenvalue weighted by Gasteiger charge is -2.05. The summed E-state index contributed by atoms with van der Waals surface area (Å²) in [5, 5.41) is -0.290. The predicted molar refractivity (Wildman–Crippen MR) is 56.0 cm³/mol. The molecule has 0 aliphatic rings. The number of rotatable bonds is 3. The van der Waals surface area contributed by atoms with Crippen molar-refractivity contribution in [3.8, 4) is 0 Å². The third kappa shape index (κ3) is 2.76. The maximum Gasteiger partial charge on any atom is 0.173 e. The highest BCUT2D eigenvalue weighted by molar-refractivity contribution is 6.40. The zero-order valence-corrected chi connectivity index (χ0v) is 9.32. The summed E-state index contributed by atoms with van der Waals surface area (Å²) in [6.45, 7) is 1.26. The highest BCUT2D eigenvalue weighted by Gasteiger charge is 2.18. The van der Waals surface area contributed by atoms with Gasteiger partial charge in [0.2, 0.25) is 0 Å². The van der Waals surface area contributed by atoms with Crippen LogP contribution in [-0.2, 0) is 4.79 Å². The summed E-state index contributed by atoms with van der Waals surface area (Å²) in [5.74, 6) is -1.62. The third-order valence-corrected chi connectivity index (χ3v) is 2.42. The SMILES string of the molecule is CC(=O)CC(=O)c1c(Cl)ccc(F)c1Cl. The third-order valence-electron chi connectivity index (χ3n) is 1.73. The zero-order valence-electron chi connectivity index (χ0n) is 7.81. The number of Topliss-reactive ketones (excluding diaryl/α,β-unsaturated/α-hetero) is 2. The Morgan fingerprint density at radius 3 is 2.47 bits per heavy atom. The van der Waals surface area contributed by atoms with E-state index in [4.69, 9.17) is 23.2 Å². The van der Waals surface area contributed by atoms with Gasteiger partial charge in [-0.3, -0.25) is 9.59 Å². The van der Waals surface area contributed by atoms with E-state index < -0.39 is 11.6 Å². The molecule has 0 spiro atoms. The summed E-state index contributed by atoms with van der Waals surface area (Å²) >= 11 is 11.3. The summed E-state index contributed by atoms with van der Waals surface area (Å²) in [6.07, 6.45) is -0.330. The number of carbonyl (C=O) groups is 2. The van der Waals surface area contributed by atoms with Crippen LogP contribution in [0.1, 0.15) is 23.7 Å². The molecule has 0 heterocycles. The molecule has 0 N–H and O–H groups in total. The van der Waals surface area contributed by atoms with Crippen LogP contribution in [0.25, 0.3) is 0 Å². The van der Waals surface area contributed by atoms with E-state index in [1.807, 2.05) is 0 Å². The Balaban J connectivity index is 3.18. The number of benzene rings is 1. The Bertz CT molecular complexity index is 430. The molecule has 0 unspecified atom stereocenters. The lowest BCUT2D eigenvalue weighted by Crippen LogP contribution is -2.07. The Morgan fingerprint density at radius 1 is 1.33 bits per heavy atom. The molecule has 1 rings (SSSR count). The van der Waals surface area contributed by atoms with Gasteiger partial charge in [-0.2, -0.15) is 0 Å². The molecule has 0 aliphatic heterocycles. The van der Waals surface area contributed by atoms with Crippen molar-refractivity contribution in [1.29, 1.82) is 0 Å². The predicted octanol–water partition coefficient (Wildman–Crippen LogP) is 3.29. The minimum Gasteiger partial charge on any atom is -0.300 e. The topological polar surface area (TPSA) is 34.1 Å². The molecule has 15 heavy (non-hydrogen) atoms. The minimum absolute atomic E-state index is 0.0488. The quantitative estimate of drug-likeness (QED) is 0.468. The van der Waals surface area contributed by atoms with Crippen LogP contribution in [0.4, 0.5) is 4.39 Å². The fourth-order valence-electron chi connectivity index (χ4n) is 1.10. The van der Waals surface area contributed by atoms with Crippen molar-refractivity contribution < 1.29 is 14.0 Å². The summed E-state index contributed by atoms with van der Waals surface area (Å²) in [6, 6.07) is 2.30. The average molecular weight is 249 g/mol. The molecule has 5 heteroatoms. The zero-order chi connectivity index (χ0) is 11.6. The van der Waals surface area contributed by atoms with Crippen LogP contribution in [0.5, 0.6) is 0 Å². The maximum atomic E-state index is 13.0. The largest absolute Gasteiger partial charge is 0.300 e. The average Bonchev–Trinajstić information content (AvgIpc) is 2.11. The number of carbonyl (C=O) groups excluding carboxylic acids is 2. The minimum atomic E-state index is -0.729. The van der Waals surface area contributed by atoms with Crippen molar-refractivity contribution in [1.82, 2.24) is 0 Å². The monoisotopic (exact) mass is 248 g/mol. The van der Waals surface area contributed by atoms with Gasteiger partial charge in [0.1, 0.15) is 11.6 Å². The van der Waals surface area contributed by atoms with Gasteiger partial charge in [0, 0.05) is 0 Å². The Morgan fingerprint density at radius 2 is 1.93 bits per heavy atom. The fraction of sp³-hybridized carbons (Fsp3) is 0.200. The van der Waals surface area contributed by atoms with Gasteiger partial charge in [0.05, 0.1) is 22.0 Å². The first kappa shape index (κ1) is 12.1. The molecule has 0 radical (unpaired) electrons. The molecule has 1 aromatic carbocycles. The van der Waals surface area contributed by atoms with Gasteiger partial charge in [0.15, 0.2) is 5.78 Å². The normalized spacial score (nSPS) is 10.1. The van der Waals surface area contributed by atoms with Crippen LogP contribution in [0.2, 0.25) is 10.0 Å². The van der Waals surface area contributed by atoms with E-state index in [1.165, 1.54) is 13.0 Å². The molecule has 0 saturated carbocycles. The first-order chi connectivity index (χ1) is 6.93. The number of hydrogen-bond donors (Lipinski definition) is 0. The van der Waals surface area contributed by atoms with E-state index >= 15 is 0 Å². The summed E-state index contributed by atoms with van der Waals surface area (Å²) < 4.78 is 13.0. The van der Waals surface area contributed by atoms with Crippen LogP contribution in [0.3, 0.4) is 0 Å². The van der Waals surface area contributed by atoms with Crippen LogP contribution < -0.4 is 0 Å². The number of halogens is 3. The molecule has 0 amide bonds. The fourth-order valence-corrected chi connectivity index (χ4v) is 1.68. The lowest BCUT2D eigenvalue weighted by atomic mass is 10.1. The molecule has 2 nitrogen and oxygen atoms in total. The van der Waals surface area contributed by atoms with Gasteiger partial charge in [-0.05, 0) is 19.1 Å². The first-order valence-corrected chi connectivity index (χ1v) is 4.85. The van der Waals surface area contributed by atoms with Crippen molar-refractivity contribution in [2.24, 2.45) is 0 Å². The van der Waals surface area contributed by atoms with Crippen molar-refractivity contribution >= 4 is 34.8 Å². The van der Waals surface area contributed by atoms with E-state index in [0.29, 0.717) is 0 Å². The van der Waals surface area contributed by atoms with Gasteiger partial charge in [-0.1, -0.05) is 23.2 Å². The molecule has 80 valence electrons. The van der Waals surface area contributed by atoms with Crippen molar-refractivity contribution in [2.75, 3.05) is 0 Å². The molecule has 0 bridgehead atoms. The van der Waals surface area contributed by atoms with Gasteiger partial charge in [-0.15, -0.1) is 0 Å². The van der Waals surface area contributed by atoms with Gasteiger partial charge < -0.3 is 0 Å². The second-order valence-corrected chi connectivity index (χ2v) is 3.81. The first-order valence-electron chi connectivity index (χ1n) is 4.09. The Hall–Kier alpha value is -0.930. The van der Waals surface area contributed by atoms with Crippen LogP contribution >= 0.6 is 23.2 Å². The Labute approximate surface area is 96.0 Å². The summed E-state index contributed by atoms with van der Waals surface area (Å²) in [5.41, 5.74) is -0.131. The van der Waals surface area contributed by atoms with Crippen molar-refractivity contribution in [2.45, 2.75) is 13.3 Å². The van der Waals surface area contributed by atoms with E-state index in [1.54, 1.807) is 0 Å². The molecule has 0 atom stereocenters. The molecule has 0 aromatic heterocycles.